The van der Waals surface area contributed by atoms with Crippen LogP contribution in [0.1, 0.15) is 39.5 Å². The Bertz CT molecular complexity index is 354. The molecule has 2 aliphatic heterocycles. The molecule has 2 saturated heterocycles. The molecular weight excluding hydrogens is 250 g/mol. The monoisotopic (exact) mass is 275 g/mol. The Labute approximate surface area is 111 Å². The SMILES string of the molecule is C[C@H]1CN(S(=O)(=O)N2CCCCCC2)C[C@H](C)N1. The highest BCUT2D eigenvalue weighted by Crippen LogP contribution is 2.18. The first-order chi connectivity index (χ1) is 8.50. The average molecular weight is 275 g/mol. The molecule has 0 amide bonds. The quantitative estimate of drug-likeness (QED) is 0.810. The van der Waals surface area contributed by atoms with Crippen LogP contribution < -0.4 is 5.32 Å². The molecule has 0 spiro atoms. The largest absolute Gasteiger partial charge is 0.309 e. The van der Waals surface area contributed by atoms with Crippen molar-refractivity contribution in [2.45, 2.75) is 51.6 Å². The van der Waals surface area contributed by atoms with E-state index in [1.165, 1.54) is 0 Å². The smallest absolute Gasteiger partial charge is 0.282 e. The summed E-state index contributed by atoms with van der Waals surface area (Å²) in [4.78, 5) is 0. The lowest BCUT2D eigenvalue weighted by atomic mass is 10.2. The third-order valence-corrected chi connectivity index (χ3v) is 5.71. The molecule has 2 fully saturated rings. The predicted molar refractivity (Wildman–Crippen MR) is 72.6 cm³/mol. The van der Waals surface area contributed by atoms with Gasteiger partial charge < -0.3 is 5.32 Å². The van der Waals surface area contributed by atoms with Gasteiger partial charge in [-0.2, -0.15) is 17.0 Å². The zero-order valence-corrected chi connectivity index (χ0v) is 12.2. The third kappa shape index (κ3) is 3.23. The van der Waals surface area contributed by atoms with Crippen molar-refractivity contribution in [1.29, 1.82) is 0 Å². The lowest BCUT2D eigenvalue weighted by molar-refractivity contribution is 0.244. The lowest BCUT2D eigenvalue weighted by Crippen LogP contribution is -2.58. The van der Waals surface area contributed by atoms with Crippen molar-refractivity contribution in [2.75, 3.05) is 26.2 Å². The minimum atomic E-state index is -3.25. The Balaban J connectivity index is 2.08. The molecule has 2 aliphatic rings. The standard InChI is InChI=1S/C12H25N3O2S/c1-11-9-15(10-12(2)13-11)18(16,17)14-7-5-3-4-6-8-14/h11-13H,3-10H2,1-2H3/t11-,12-/m0/s1. The molecule has 0 bridgehead atoms. The summed E-state index contributed by atoms with van der Waals surface area (Å²) in [6.07, 6.45) is 4.30. The van der Waals surface area contributed by atoms with Crippen LogP contribution in [-0.2, 0) is 10.2 Å². The topological polar surface area (TPSA) is 52.7 Å². The highest BCUT2D eigenvalue weighted by Gasteiger charge is 2.34. The Morgan fingerprint density at radius 2 is 1.39 bits per heavy atom. The molecular formula is C12H25N3O2S. The Kier molecular flexibility index (Phi) is 4.64. The van der Waals surface area contributed by atoms with E-state index >= 15 is 0 Å². The molecule has 2 atom stereocenters. The van der Waals surface area contributed by atoms with E-state index in [2.05, 4.69) is 5.32 Å². The molecule has 5 nitrogen and oxygen atoms in total. The van der Waals surface area contributed by atoms with E-state index in [0.717, 1.165) is 25.7 Å². The van der Waals surface area contributed by atoms with Gasteiger partial charge in [-0.3, -0.25) is 0 Å². The zero-order chi connectivity index (χ0) is 13.2. The van der Waals surface area contributed by atoms with Gasteiger partial charge in [-0.15, -0.1) is 0 Å². The van der Waals surface area contributed by atoms with Gasteiger partial charge in [0.2, 0.25) is 0 Å². The van der Waals surface area contributed by atoms with E-state index in [0.29, 0.717) is 26.2 Å². The van der Waals surface area contributed by atoms with Crippen LogP contribution in [0.15, 0.2) is 0 Å². The van der Waals surface area contributed by atoms with Crippen molar-refractivity contribution in [2.24, 2.45) is 0 Å². The van der Waals surface area contributed by atoms with Crippen molar-refractivity contribution in [3.8, 4) is 0 Å². The predicted octanol–water partition coefficient (Wildman–Crippen LogP) is 0.789. The molecule has 2 heterocycles. The highest BCUT2D eigenvalue weighted by atomic mass is 32.2. The van der Waals surface area contributed by atoms with E-state index in [9.17, 15) is 8.42 Å². The summed E-state index contributed by atoms with van der Waals surface area (Å²) in [6.45, 7) is 6.64. The van der Waals surface area contributed by atoms with E-state index in [1.54, 1.807) is 8.61 Å². The number of piperazine rings is 1. The highest BCUT2D eigenvalue weighted by molar-refractivity contribution is 7.86. The van der Waals surface area contributed by atoms with Crippen LogP contribution in [-0.4, -0.2) is 55.3 Å². The van der Waals surface area contributed by atoms with Crippen LogP contribution in [0, 0.1) is 0 Å². The van der Waals surface area contributed by atoms with Gasteiger partial charge in [-0.1, -0.05) is 12.8 Å². The van der Waals surface area contributed by atoms with Gasteiger partial charge in [0.05, 0.1) is 0 Å². The number of hydrogen-bond acceptors (Lipinski definition) is 3. The second kappa shape index (κ2) is 5.86. The van der Waals surface area contributed by atoms with Gasteiger partial charge in [-0.25, -0.2) is 0 Å². The van der Waals surface area contributed by atoms with Gasteiger partial charge in [-0.05, 0) is 26.7 Å². The van der Waals surface area contributed by atoms with E-state index in [1.807, 2.05) is 13.8 Å². The average Bonchev–Trinajstić information content (AvgIpc) is 2.56. The Hall–Kier alpha value is -0.170. The van der Waals surface area contributed by atoms with Gasteiger partial charge >= 0.3 is 0 Å². The minimum absolute atomic E-state index is 0.232. The third-order valence-electron chi connectivity index (χ3n) is 3.74. The molecule has 2 rings (SSSR count). The number of rotatable bonds is 2. The zero-order valence-electron chi connectivity index (χ0n) is 11.4. The van der Waals surface area contributed by atoms with Gasteiger partial charge in [0.15, 0.2) is 0 Å². The van der Waals surface area contributed by atoms with Crippen molar-refractivity contribution in [1.82, 2.24) is 13.9 Å². The molecule has 0 aromatic carbocycles. The molecule has 18 heavy (non-hydrogen) atoms. The summed E-state index contributed by atoms with van der Waals surface area (Å²) in [6, 6.07) is 0.464. The molecule has 1 N–H and O–H groups in total. The summed E-state index contributed by atoms with van der Waals surface area (Å²) in [5, 5.41) is 3.37. The molecule has 0 saturated carbocycles. The van der Waals surface area contributed by atoms with Crippen LogP contribution in [0.5, 0.6) is 0 Å². The van der Waals surface area contributed by atoms with E-state index in [-0.39, 0.29) is 12.1 Å². The fraction of sp³-hybridized carbons (Fsp3) is 1.00. The fourth-order valence-corrected chi connectivity index (χ4v) is 4.77. The maximum Gasteiger partial charge on any atom is 0.282 e. The van der Waals surface area contributed by atoms with Crippen LogP contribution in [0.2, 0.25) is 0 Å². The number of hydrogen-bond donors (Lipinski definition) is 1. The maximum atomic E-state index is 12.6. The fourth-order valence-electron chi connectivity index (χ4n) is 2.90. The second-order valence-electron chi connectivity index (χ2n) is 5.61. The van der Waals surface area contributed by atoms with E-state index in [4.69, 9.17) is 0 Å². The normalized spacial score (nSPS) is 33.2. The first kappa shape index (κ1) is 14.2. The van der Waals surface area contributed by atoms with Crippen LogP contribution in [0.25, 0.3) is 0 Å². The summed E-state index contributed by atoms with van der Waals surface area (Å²) in [5.41, 5.74) is 0. The molecule has 6 heteroatoms. The molecule has 0 radical (unpaired) electrons. The summed E-state index contributed by atoms with van der Waals surface area (Å²) >= 11 is 0. The van der Waals surface area contributed by atoms with Crippen molar-refractivity contribution >= 4 is 10.2 Å². The molecule has 0 unspecified atom stereocenters. The molecule has 0 aromatic heterocycles. The summed E-state index contributed by atoms with van der Waals surface area (Å²) in [7, 11) is -3.25. The minimum Gasteiger partial charge on any atom is -0.309 e. The number of nitrogens with zero attached hydrogens (tertiary/aromatic N) is 2. The van der Waals surface area contributed by atoms with Crippen molar-refractivity contribution < 1.29 is 8.42 Å². The van der Waals surface area contributed by atoms with Crippen LogP contribution in [0.4, 0.5) is 0 Å². The summed E-state index contributed by atoms with van der Waals surface area (Å²) < 4.78 is 28.6. The molecule has 0 aromatic rings. The second-order valence-corrected chi connectivity index (χ2v) is 7.54. The number of nitrogens with one attached hydrogen (secondary N) is 1. The maximum absolute atomic E-state index is 12.6. The lowest BCUT2D eigenvalue weighted by Gasteiger charge is -2.37. The molecule has 106 valence electrons. The van der Waals surface area contributed by atoms with Gasteiger partial charge in [0.1, 0.15) is 0 Å². The van der Waals surface area contributed by atoms with Gasteiger partial charge in [0, 0.05) is 38.3 Å². The first-order valence-corrected chi connectivity index (χ1v) is 8.41. The Morgan fingerprint density at radius 3 is 1.89 bits per heavy atom. The van der Waals surface area contributed by atoms with Crippen molar-refractivity contribution in [3.63, 3.8) is 0 Å². The van der Waals surface area contributed by atoms with E-state index < -0.39 is 10.2 Å². The van der Waals surface area contributed by atoms with Crippen LogP contribution >= 0.6 is 0 Å². The summed E-state index contributed by atoms with van der Waals surface area (Å²) in [5.74, 6) is 0. The molecule has 0 aliphatic carbocycles. The first-order valence-electron chi connectivity index (χ1n) is 7.01. The Morgan fingerprint density at radius 1 is 0.889 bits per heavy atom. The van der Waals surface area contributed by atoms with Crippen LogP contribution in [0.3, 0.4) is 0 Å². The van der Waals surface area contributed by atoms with Gasteiger partial charge in [0.25, 0.3) is 10.2 Å². The van der Waals surface area contributed by atoms with Crippen molar-refractivity contribution in [3.05, 3.63) is 0 Å².